The van der Waals surface area contributed by atoms with Crippen molar-refractivity contribution >= 4 is 0 Å². The van der Waals surface area contributed by atoms with Crippen LogP contribution in [0, 0.1) is 0 Å². The Labute approximate surface area is 70.0 Å². The number of piperazine rings is 1. The van der Waals surface area contributed by atoms with E-state index in [-0.39, 0.29) is 0 Å². The van der Waals surface area contributed by atoms with E-state index in [0.29, 0.717) is 0 Å². The highest BCUT2D eigenvalue weighted by atomic mass is 15.2. The van der Waals surface area contributed by atoms with Gasteiger partial charge in [-0.1, -0.05) is 13.3 Å². The van der Waals surface area contributed by atoms with E-state index in [1.54, 1.807) is 0 Å². The van der Waals surface area contributed by atoms with Gasteiger partial charge in [-0.05, 0) is 12.8 Å². The van der Waals surface area contributed by atoms with Crippen LogP contribution in [0.15, 0.2) is 0 Å². The van der Waals surface area contributed by atoms with Gasteiger partial charge in [-0.3, -0.25) is 0 Å². The smallest absolute Gasteiger partial charge is 0.127 e. The summed E-state index contributed by atoms with van der Waals surface area (Å²) in [5.41, 5.74) is 0. The molecule has 0 aliphatic carbocycles. The molecule has 1 aliphatic rings. The Morgan fingerprint density at radius 3 is 2.55 bits per heavy atom. The number of hydrogen-bond donors (Lipinski definition) is 2. The van der Waals surface area contributed by atoms with Crippen LogP contribution in [0.2, 0.25) is 0 Å². The molecule has 0 spiro atoms. The maximum Gasteiger partial charge on any atom is 0.127 e. The molecular weight excluding hydrogens is 136 g/mol. The zero-order valence-corrected chi connectivity index (χ0v) is 7.73. The van der Waals surface area contributed by atoms with Gasteiger partial charge in [0.15, 0.2) is 0 Å². The second kappa shape index (κ2) is 5.56. The lowest BCUT2D eigenvalue weighted by molar-refractivity contribution is -0.946. The molecule has 1 aliphatic heterocycles. The van der Waals surface area contributed by atoms with Crippen molar-refractivity contribution in [3.8, 4) is 0 Å². The molecule has 0 aromatic rings. The van der Waals surface area contributed by atoms with E-state index in [1.165, 1.54) is 52.0 Å². The normalized spacial score (nSPS) is 20.5. The molecule has 0 saturated carbocycles. The molecule has 0 bridgehead atoms. The van der Waals surface area contributed by atoms with Crippen LogP contribution in [0.1, 0.15) is 26.2 Å². The lowest BCUT2D eigenvalue weighted by Crippen LogP contribution is -3.20. The predicted octanol–water partition coefficient (Wildman–Crippen LogP) is -1.36. The average Bonchev–Trinajstić information content (AvgIpc) is 2.07. The SMILES string of the molecule is CCCCC[NH+]1CC[NH2+]CC1. The molecule has 0 aromatic heterocycles. The van der Waals surface area contributed by atoms with Crippen molar-refractivity contribution < 1.29 is 10.2 Å². The molecule has 0 amide bonds. The standard InChI is InChI=1S/C9H20N2/c1-2-3-4-7-11-8-5-10-6-9-11/h10H,2-9H2,1H3/p+2. The molecule has 66 valence electrons. The van der Waals surface area contributed by atoms with Gasteiger partial charge in [0.05, 0.1) is 6.54 Å². The number of nitrogens with one attached hydrogen (secondary N) is 1. The van der Waals surface area contributed by atoms with Gasteiger partial charge in [-0.15, -0.1) is 0 Å². The van der Waals surface area contributed by atoms with E-state index in [4.69, 9.17) is 0 Å². The summed E-state index contributed by atoms with van der Waals surface area (Å²) in [6.45, 7) is 9.18. The quantitative estimate of drug-likeness (QED) is 0.472. The van der Waals surface area contributed by atoms with Crippen LogP contribution in [-0.4, -0.2) is 32.7 Å². The van der Waals surface area contributed by atoms with Gasteiger partial charge in [-0.25, -0.2) is 0 Å². The summed E-state index contributed by atoms with van der Waals surface area (Å²) in [5, 5.41) is 2.43. The van der Waals surface area contributed by atoms with Gasteiger partial charge in [0.1, 0.15) is 26.2 Å². The molecular formula is C9H22N2+2. The van der Waals surface area contributed by atoms with Crippen LogP contribution >= 0.6 is 0 Å². The Bertz CT molecular complexity index is 87.6. The van der Waals surface area contributed by atoms with E-state index in [0.717, 1.165) is 0 Å². The van der Waals surface area contributed by atoms with Gasteiger partial charge < -0.3 is 10.2 Å². The molecule has 1 saturated heterocycles. The predicted molar refractivity (Wildman–Crippen MR) is 46.7 cm³/mol. The van der Waals surface area contributed by atoms with Crippen molar-refractivity contribution in [1.29, 1.82) is 0 Å². The highest BCUT2D eigenvalue weighted by molar-refractivity contribution is 4.38. The van der Waals surface area contributed by atoms with Crippen LogP contribution < -0.4 is 10.2 Å². The van der Waals surface area contributed by atoms with Crippen molar-refractivity contribution in [2.75, 3.05) is 32.7 Å². The molecule has 1 fully saturated rings. The van der Waals surface area contributed by atoms with E-state index in [2.05, 4.69) is 12.2 Å². The fraction of sp³-hybridized carbons (Fsp3) is 1.00. The molecule has 0 atom stereocenters. The van der Waals surface area contributed by atoms with Gasteiger partial charge in [0.2, 0.25) is 0 Å². The largest absolute Gasteiger partial charge is 0.337 e. The zero-order chi connectivity index (χ0) is 7.94. The first kappa shape index (κ1) is 9.01. The molecule has 0 radical (unpaired) electrons. The monoisotopic (exact) mass is 158 g/mol. The topological polar surface area (TPSA) is 21.1 Å². The van der Waals surface area contributed by atoms with E-state index in [9.17, 15) is 0 Å². The molecule has 3 N–H and O–H groups in total. The maximum absolute atomic E-state index is 2.43. The first-order valence-corrected chi connectivity index (χ1v) is 5.08. The van der Waals surface area contributed by atoms with Gasteiger partial charge >= 0.3 is 0 Å². The minimum atomic E-state index is 1.35. The van der Waals surface area contributed by atoms with Crippen molar-refractivity contribution in [3.05, 3.63) is 0 Å². The highest BCUT2D eigenvalue weighted by Gasteiger charge is 2.13. The van der Waals surface area contributed by atoms with Crippen molar-refractivity contribution in [2.45, 2.75) is 26.2 Å². The zero-order valence-electron chi connectivity index (χ0n) is 7.73. The Morgan fingerprint density at radius 1 is 1.18 bits per heavy atom. The van der Waals surface area contributed by atoms with Crippen LogP contribution in [0.3, 0.4) is 0 Å². The number of nitrogens with two attached hydrogens (primary N) is 1. The minimum absolute atomic E-state index is 1.35. The van der Waals surface area contributed by atoms with E-state index < -0.39 is 0 Å². The number of unbranched alkanes of at least 4 members (excludes halogenated alkanes) is 2. The van der Waals surface area contributed by atoms with Crippen LogP contribution in [0.25, 0.3) is 0 Å². The first-order valence-electron chi connectivity index (χ1n) is 5.08. The highest BCUT2D eigenvalue weighted by Crippen LogP contribution is 1.89. The van der Waals surface area contributed by atoms with Crippen molar-refractivity contribution in [3.63, 3.8) is 0 Å². The molecule has 2 heteroatoms. The lowest BCUT2D eigenvalue weighted by atomic mass is 10.2. The molecule has 11 heavy (non-hydrogen) atoms. The van der Waals surface area contributed by atoms with E-state index >= 15 is 0 Å². The first-order chi connectivity index (χ1) is 5.43. The third kappa shape index (κ3) is 3.73. The number of hydrogen-bond acceptors (Lipinski definition) is 0. The molecule has 1 heterocycles. The summed E-state index contributed by atoms with van der Waals surface area (Å²) in [5.74, 6) is 0. The summed E-state index contributed by atoms with van der Waals surface area (Å²) < 4.78 is 0. The minimum Gasteiger partial charge on any atom is -0.337 e. The van der Waals surface area contributed by atoms with Gasteiger partial charge in [0, 0.05) is 0 Å². The van der Waals surface area contributed by atoms with Crippen molar-refractivity contribution in [1.82, 2.24) is 0 Å². The average molecular weight is 158 g/mol. The molecule has 0 unspecified atom stereocenters. The van der Waals surface area contributed by atoms with Gasteiger partial charge in [0.25, 0.3) is 0 Å². The summed E-state index contributed by atoms with van der Waals surface area (Å²) in [7, 11) is 0. The van der Waals surface area contributed by atoms with Crippen LogP contribution in [0.5, 0.6) is 0 Å². The van der Waals surface area contributed by atoms with E-state index in [1.807, 2.05) is 4.90 Å². The maximum atomic E-state index is 2.43. The molecule has 1 rings (SSSR count). The number of rotatable bonds is 4. The second-order valence-electron chi connectivity index (χ2n) is 3.57. The Hall–Kier alpha value is -0.0800. The third-order valence-corrected chi connectivity index (χ3v) is 2.54. The Kier molecular flexibility index (Phi) is 4.55. The fourth-order valence-electron chi connectivity index (χ4n) is 1.76. The van der Waals surface area contributed by atoms with Crippen molar-refractivity contribution in [2.24, 2.45) is 0 Å². The lowest BCUT2D eigenvalue weighted by Gasteiger charge is -2.21. The second-order valence-corrected chi connectivity index (χ2v) is 3.57. The summed E-state index contributed by atoms with van der Waals surface area (Å²) in [6.07, 6.45) is 4.22. The van der Waals surface area contributed by atoms with Crippen LogP contribution in [-0.2, 0) is 0 Å². The molecule has 2 nitrogen and oxygen atoms in total. The summed E-state index contributed by atoms with van der Waals surface area (Å²) in [4.78, 5) is 1.83. The van der Waals surface area contributed by atoms with Crippen LogP contribution in [0.4, 0.5) is 0 Å². The number of quaternary nitrogens is 2. The summed E-state index contributed by atoms with van der Waals surface area (Å²) in [6, 6.07) is 0. The fourth-order valence-corrected chi connectivity index (χ4v) is 1.76. The van der Waals surface area contributed by atoms with Gasteiger partial charge in [-0.2, -0.15) is 0 Å². The molecule has 0 aromatic carbocycles. The third-order valence-electron chi connectivity index (χ3n) is 2.54. The Morgan fingerprint density at radius 2 is 1.91 bits per heavy atom. The summed E-state index contributed by atoms with van der Waals surface area (Å²) >= 11 is 0. The Balaban J connectivity index is 1.96.